The summed E-state index contributed by atoms with van der Waals surface area (Å²) in [4.78, 5) is 2.40. The van der Waals surface area contributed by atoms with Gasteiger partial charge in [-0.05, 0) is 162 Å². The van der Waals surface area contributed by atoms with E-state index in [-0.39, 0.29) is 0 Å². The molecule has 0 aliphatic heterocycles. The third-order valence-corrected chi connectivity index (χ3v) is 13.6. The molecule has 0 atom stereocenters. The Morgan fingerprint density at radius 2 is 0.721 bits per heavy atom. The molecule has 0 N–H and O–H groups in total. The Bertz CT molecular complexity index is 3970. The van der Waals surface area contributed by atoms with Crippen molar-refractivity contribution in [1.29, 1.82) is 0 Å². The van der Waals surface area contributed by atoms with Gasteiger partial charge in [-0.1, -0.05) is 164 Å². The third-order valence-electron chi connectivity index (χ3n) is 13.6. The lowest BCUT2D eigenvalue weighted by molar-refractivity contribution is 1.30. The van der Waals surface area contributed by atoms with E-state index in [0.717, 1.165) is 11.4 Å². The Balaban J connectivity index is 1.18. The number of rotatable bonds is 5. The van der Waals surface area contributed by atoms with Crippen molar-refractivity contribution in [1.82, 2.24) is 0 Å². The molecule has 0 radical (unpaired) electrons. The van der Waals surface area contributed by atoms with E-state index in [9.17, 15) is 0 Å². The molecule has 0 fully saturated rings. The minimum atomic E-state index is 1.14. The predicted molar refractivity (Wildman–Crippen MR) is 263 cm³/mol. The zero-order chi connectivity index (χ0) is 39.8. The van der Waals surface area contributed by atoms with Crippen LogP contribution in [0, 0.1) is 0 Å². The summed E-state index contributed by atoms with van der Waals surface area (Å²) < 4.78 is 0. The fraction of sp³-hybridized carbons (Fsp3) is 0. The lowest BCUT2D eigenvalue weighted by Crippen LogP contribution is -2.10. The van der Waals surface area contributed by atoms with Crippen molar-refractivity contribution in [2.75, 3.05) is 4.90 Å². The Morgan fingerprint density at radius 1 is 0.230 bits per heavy atom. The normalized spacial score (nSPS) is 12.3. The first-order valence-electron chi connectivity index (χ1n) is 21.3. The number of benzene rings is 12. The molecular weight excluding hydrogens is 735 g/mol. The molecule has 0 aromatic heterocycles. The maximum absolute atomic E-state index is 2.54. The van der Waals surface area contributed by atoms with Gasteiger partial charge < -0.3 is 4.90 Å². The van der Waals surface area contributed by atoms with Crippen LogP contribution in [0.4, 0.5) is 17.1 Å². The molecule has 0 unspecified atom stereocenters. The van der Waals surface area contributed by atoms with E-state index in [0.29, 0.717) is 0 Å². The van der Waals surface area contributed by atoms with Crippen LogP contribution in [0.5, 0.6) is 0 Å². The first-order valence-corrected chi connectivity index (χ1v) is 21.3. The summed E-state index contributed by atoms with van der Waals surface area (Å²) in [5, 5.41) is 23.6. The number of anilines is 3. The summed E-state index contributed by atoms with van der Waals surface area (Å²) >= 11 is 0. The molecule has 0 spiro atoms. The van der Waals surface area contributed by atoms with E-state index in [4.69, 9.17) is 0 Å². The highest BCUT2D eigenvalue weighted by Crippen LogP contribution is 2.55. The second-order valence-electron chi connectivity index (χ2n) is 16.7. The van der Waals surface area contributed by atoms with Crippen LogP contribution in [0.1, 0.15) is 0 Å². The lowest BCUT2D eigenvalue weighted by atomic mass is 9.85. The molecule has 280 valence electrons. The summed E-state index contributed by atoms with van der Waals surface area (Å²) in [7, 11) is 0. The second-order valence-corrected chi connectivity index (χ2v) is 16.7. The van der Waals surface area contributed by atoms with Gasteiger partial charge in [-0.2, -0.15) is 0 Å². The van der Waals surface area contributed by atoms with Crippen molar-refractivity contribution in [2.24, 2.45) is 0 Å². The van der Waals surface area contributed by atoms with Gasteiger partial charge in [0.25, 0.3) is 0 Å². The number of hydrogen-bond acceptors (Lipinski definition) is 1. The molecule has 0 heterocycles. The summed E-state index contributed by atoms with van der Waals surface area (Å²) in [5.74, 6) is 0. The first-order chi connectivity index (χ1) is 30.3. The van der Waals surface area contributed by atoms with E-state index >= 15 is 0 Å². The molecule has 1 nitrogen and oxygen atoms in total. The minimum Gasteiger partial charge on any atom is -0.310 e. The van der Waals surface area contributed by atoms with Crippen LogP contribution in [0.15, 0.2) is 212 Å². The van der Waals surface area contributed by atoms with Crippen LogP contribution in [-0.4, -0.2) is 0 Å². The SMILES string of the molecule is c1ccc(-c2c3cc4c(cc3c(-c3ccccc3)c3c5cc6cccc7ccc8ccc(c23)c5c8c76)c2cccc3c(N(c5ccccc5)c5ccccc5)ccc4c32)cc1. The predicted octanol–water partition coefficient (Wildman–Crippen LogP) is 17.2. The molecule has 61 heavy (non-hydrogen) atoms. The van der Waals surface area contributed by atoms with Crippen LogP contribution < -0.4 is 4.90 Å². The van der Waals surface area contributed by atoms with E-state index in [2.05, 4.69) is 217 Å². The van der Waals surface area contributed by atoms with Gasteiger partial charge in [-0.25, -0.2) is 0 Å². The fourth-order valence-corrected chi connectivity index (χ4v) is 11.2. The quantitative estimate of drug-likeness (QED) is 0.158. The maximum atomic E-state index is 2.54. The van der Waals surface area contributed by atoms with Gasteiger partial charge in [0.2, 0.25) is 0 Å². The summed E-state index contributed by atoms with van der Waals surface area (Å²) in [6.07, 6.45) is 0. The van der Waals surface area contributed by atoms with Crippen LogP contribution in [0.2, 0.25) is 0 Å². The highest BCUT2D eigenvalue weighted by Gasteiger charge is 2.27. The fourth-order valence-electron chi connectivity index (χ4n) is 11.2. The zero-order valence-electron chi connectivity index (χ0n) is 33.2. The van der Waals surface area contributed by atoms with Crippen molar-refractivity contribution in [3.8, 4) is 22.3 Å². The van der Waals surface area contributed by atoms with Crippen LogP contribution in [0.3, 0.4) is 0 Å². The molecule has 0 aliphatic rings. The minimum absolute atomic E-state index is 1.14. The zero-order valence-corrected chi connectivity index (χ0v) is 33.2. The van der Waals surface area contributed by atoms with Crippen LogP contribution >= 0.6 is 0 Å². The molecule has 14 rings (SSSR count). The van der Waals surface area contributed by atoms with Crippen LogP contribution in [-0.2, 0) is 0 Å². The molecular formula is C60H35N. The van der Waals surface area contributed by atoms with Gasteiger partial charge in [0.15, 0.2) is 0 Å². The van der Waals surface area contributed by atoms with Gasteiger partial charge in [0.1, 0.15) is 0 Å². The molecule has 0 amide bonds. The van der Waals surface area contributed by atoms with Gasteiger partial charge >= 0.3 is 0 Å². The number of fused-ring (bicyclic) bond motifs is 7. The summed E-state index contributed by atoms with van der Waals surface area (Å²) in [5.41, 5.74) is 8.53. The molecule has 0 bridgehead atoms. The number of para-hydroxylation sites is 2. The molecule has 14 aromatic rings. The molecule has 1 heteroatoms. The van der Waals surface area contributed by atoms with Crippen LogP contribution in [0.25, 0.3) is 119 Å². The molecule has 0 saturated carbocycles. The van der Waals surface area contributed by atoms with E-state index in [1.165, 1.54) is 125 Å². The largest absolute Gasteiger partial charge is 0.310 e. The smallest absolute Gasteiger partial charge is 0.0540 e. The van der Waals surface area contributed by atoms with Crippen molar-refractivity contribution >= 4 is 114 Å². The second kappa shape index (κ2) is 12.3. The van der Waals surface area contributed by atoms with Gasteiger partial charge in [0, 0.05) is 16.8 Å². The average Bonchev–Trinajstić information content (AvgIpc) is 3.82. The van der Waals surface area contributed by atoms with Gasteiger partial charge in [-0.3, -0.25) is 0 Å². The third kappa shape index (κ3) is 4.45. The Morgan fingerprint density at radius 3 is 1.36 bits per heavy atom. The summed E-state index contributed by atoms with van der Waals surface area (Å²) in [6, 6.07) is 79.1. The maximum Gasteiger partial charge on any atom is 0.0540 e. The van der Waals surface area contributed by atoms with Crippen molar-refractivity contribution in [2.45, 2.75) is 0 Å². The van der Waals surface area contributed by atoms with E-state index in [1.54, 1.807) is 0 Å². The topological polar surface area (TPSA) is 3.24 Å². The van der Waals surface area contributed by atoms with Crippen molar-refractivity contribution in [3.63, 3.8) is 0 Å². The van der Waals surface area contributed by atoms with E-state index in [1.807, 2.05) is 0 Å². The highest BCUT2D eigenvalue weighted by molar-refractivity contribution is 6.46. The lowest BCUT2D eigenvalue weighted by Gasteiger charge is -2.27. The van der Waals surface area contributed by atoms with Crippen molar-refractivity contribution < 1.29 is 0 Å². The number of hydrogen-bond donors (Lipinski definition) is 0. The monoisotopic (exact) mass is 769 g/mol. The Hall–Kier alpha value is -8.00. The highest BCUT2D eigenvalue weighted by atomic mass is 15.1. The standard InChI is InChI=1S/C60H35N/c1-5-15-36(16-6-1)54-49-35-48-44-31-32-52(61(41-21-9-3-10-22-41)42-23-11-4-12-24-42)45-26-14-25-43(57(44)45)47(48)34-50(49)55(37-17-7-2-8-18-37)60-51-33-40-20-13-19-38-27-28-39-29-30-46(59(54)60)58(51)56(39)53(38)40/h1-35H. The van der Waals surface area contributed by atoms with Gasteiger partial charge in [-0.15, -0.1) is 0 Å². The average molecular weight is 770 g/mol. The molecule has 0 aliphatic carbocycles. The Kier molecular flexibility index (Phi) is 6.62. The first kappa shape index (κ1) is 32.9. The van der Waals surface area contributed by atoms with E-state index < -0.39 is 0 Å². The van der Waals surface area contributed by atoms with Gasteiger partial charge in [0.05, 0.1) is 5.69 Å². The molecule has 0 saturated heterocycles. The number of nitrogens with zero attached hydrogens (tertiary/aromatic N) is 1. The Labute approximate surface area is 351 Å². The summed E-state index contributed by atoms with van der Waals surface area (Å²) in [6.45, 7) is 0. The molecule has 14 aromatic carbocycles. The van der Waals surface area contributed by atoms with Crippen molar-refractivity contribution in [3.05, 3.63) is 212 Å².